The Balaban J connectivity index is 1.92. The zero-order valence-corrected chi connectivity index (χ0v) is 15.4. The van der Waals surface area contributed by atoms with Gasteiger partial charge in [-0.15, -0.1) is 0 Å². The van der Waals surface area contributed by atoms with Crippen LogP contribution in [-0.4, -0.2) is 26.4 Å². The van der Waals surface area contributed by atoms with Crippen LogP contribution in [0, 0.1) is 0 Å². The molecule has 0 saturated carbocycles. The number of benzene rings is 2. The summed E-state index contributed by atoms with van der Waals surface area (Å²) in [4.78, 5) is 15.2. The number of sulfonamides is 1. The fourth-order valence-corrected chi connectivity index (χ4v) is 3.50. The quantitative estimate of drug-likeness (QED) is 0.598. The van der Waals surface area contributed by atoms with E-state index in [2.05, 4.69) is 26.2 Å². The maximum absolute atomic E-state index is 12.4. The minimum absolute atomic E-state index is 0.107. The van der Waals surface area contributed by atoms with E-state index in [4.69, 9.17) is 9.88 Å². The number of aromatic nitrogens is 1. The van der Waals surface area contributed by atoms with Crippen molar-refractivity contribution < 1.29 is 17.9 Å². The zero-order valence-electron chi connectivity index (χ0n) is 13.0. The Bertz CT molecular complexity index is 1080. The number of hydrogen-bond acceptors (Lipinski definition) is 4. The van der Waals surface area contributed by atoms with Gasteiger partial charge in [-0.3, -0.25) is 4.79 Å². The average molecular weight is 424 g/mol. The van der Waals surface area contributed by atoms with Crippen molar-refractivity contribution in [3.05, 3.63) is 52.6 Å². The lowest BCUT2D eigenvalue weighted by molar-refractivity contribution is 0.102. The van der Waals surface area contributed by atoms with Gasteiger partial charge in [0.05, 0.1) is 7.11 Å². The van der Waals surface area contributed by atoms with E-state index in [1.807, 2.05) is 18.2 Å². The first-order valence-electron chi connectivity index (χ1n) is 7.08. The lowest BCUT2D eigenvalue weighted by atomic mass is 10.2. The largest absolute Gasteiger partial charge is 0.495 e. The molecule has 1 amide bonds. The van der Waals surface area contributed by atoms with Gasteiger partial charge in [0.15, 0.2) is 0 Å². The predicted octanol–water partition coefficient (Wildman–Crippen LogP) is 2.84. The van der Waals surface area contributed by atoms with Gasteiger partial charge >= 0.3 is 0 Å². The Morgan fingerprint density at radius 1 is 1.20 bits per heavy atom. The van der Waals surface area contributed by atoms with Crippen LogP contribution in [0.4, 0.5) is 5.69 Å². The summed E-state index contributed by atoms with van der Waals surface area (Å²) in [7, 11) is -2.64. The number of ether oxygens (including phenoxy) is 1. The Labute approximate surface area is 152 Å². The summed E-state index contributed by atoms with van der Waals surface area (Å²) in [5.74, 6) is -0.297. The highest BCUT2D eigenvalue weighted by atomic mass is 79.9. The molecule has 25 heavy (non-hydrogen) atoms. The lowest BCUT2D eigenvalue weighted by Crippen LogP contribution is -2.16. The third kappa shape index (κ3) is 3.68. The summed E-state index contributed by atoms with van der Waals surface area (Å²) in [5, 5.41) is 8.69. The van der Waals surface area contributed by atoms with Crippen LogP contribution in [-0.2, 0) is 10.0 Å². The molecule has 4 N–H and O–H groups in total. The van der Waals surface area contributed by atoms with Crippen LogP contribution >= 0.6 is 15.9 Å². The number of primary sulfonamides is 1. The number of aromatic amines is 1. The molecule has 0 unspecified atom stereocenters. The molecule has 0 radical (unpaired) electrons. The summed E-state index contributed by atoms with van der Waals surface area (Å²) in [6.45, 7) is 0. The van der Waals surface area contributed by atoms with E-state index in [-0.39, 0.29) is 16.3 Å². The number of halogens is 1. The van der Waals surface area contributed by atoms with Crippen LogP contribution in [0.2, 0.25) is 0 Å². The fraction of sp³-hybridized carbons (Fsp3) is 0.0625. The van der Waals surface area contributed by atoms with Gasteiger partial charge in [-0.1, -0.05) is 15.9 Å². The fourth-order valence-electron chi connectivity index (χ4n) is 2.40. The minimum Gasteiger partial charge on any atom is -0.495 e. The van der Waals surface area contributed by atoms with E-state index in [1.165, 1.54) is 25.3 Å². The molecule has 2 aromatic carbocycles. The molecule has 0 spiro atoms. The van der Waals surface area contributed by atoms with Gasteiger partial charge in [0, 0.05) is 21.1 Å². The molecular formula is C16H14BrN3O4S. The standard InChI is InChI=1S/C16H14BrN3O4S/c1-24-14-5-3-11(8-15(14)25(18,22)23)19-16(21)13-7-9-6-10(17)2-4-12(9)20-13/h2-8,20H,1H3,(H,19,21)(H2,18,22,23). The monoisotopic (exact) mass is 423 g/mol. The van der Waals surface area contributed by atoms with Crippen LogP contribution in [0.1, 0.15) is 10.5 Å². The number of anilines is 1. The molecule has 0 saturated heterocycles. The van der Waals surface area contributed by atoms with Crippen molar-refractivity contribution in [2.24, 2.45) is 5.14 Å². The third-order valence-electron chi connectivity index (χ3n) is 3.56. The molecule has 0 aliphatic heterocycles. The van der Waals surface area contributed by atoms with Crippen LogP contribution in [0.15, 0.2) is 51.8 Å². The Morgan fingerprint density at radius 2 is 1.96 bits per heavy atom. The highest BCUT2D eigenvalue weighted by molar-refractivity contribution is 9.10. The lowest BCUT2D eigenvalue weighted by Gasteiger charge is -2.09. The molecule has 0 bridgehead atoms. The first kappa shape index (κ1) is 17.5. The Morgan fingerprint density at radius 3 is 2.64 bits per heavy atom. The normalized spacial score (nSPS) is 11.5. The SMILES string of the molecule is COc1ccc(NC(=O)c2cc3cc(Br)ccc3[nH]2)cc1S(N)(=O)=O. The predicted molar refractivity (Wildman–Crippen MR) is 98.3 cm³/mol. The van der Waals surface area contributed by atoms with Gasteiger partial charge in [-0.2, -0.15) is 0 Å². The number of methoxy groups -OCH3 is 1. The molecule has 3 aromatic rings. The number of rotatable bonds is 4. The highest BCUT2D eigenvalue weighted by Gasteiger charge is 2.17. The topological polar surface area (TPSA) is 114 Å². The molecular weight excluding hydrogens is 410 g/mol. The van der Waals surface area contributed by atoms with Gasteiger partial charge < -0.3 is 15.0 Å². The van der Waals surface area contributed by atoms with E-state index in [0.29, 0.717) is 5.69 Å². The van der Waals surface area contributed by atoms with Crippen LogP contribution in [0.5, 0.6) is 5.75 Å². The molecule has 1 heterocycles. The van der Waals surface area contributed by atoms with Gasteiger partial charge in [0.2, 0.25) is 10.0 Å². The van der Waals surface area contributed by atoms with E-state index < -0.39 is 15.9 Å². The average Bonchev–Trinajstić information content (AvgIpc) is 2.97. The van der Waals surface area contributed by atoms with E-state index in [1.54, 1.807) is 6.07 Å². The van der Waals surface area contributed by atoms with Crippen molar-refractivity contribution in [3.63, 3.8) is 0 Å². The van der Waals surface area contributed by atoms with Gasteiger partial charge in [0.1, 0.15) is 16.3 Å². The number of hydrogen-bond donors (Lipinski definition) is 3. The smallest absolute Gasteiger partial charge is 0.272 e. The summed E-state index contributed by atoms with van der Waals surface area (Å²) in [6.07, 6.45) is 0. The van der Waals surface area contributed by atoms with Crippen molar-refractivity contribution >= 4 is 48.5 Å². The van der Waals surface area contributed by atoms with Crippen molar-refractivity contribution in [3.8, 4) is 5.75 Å². The second-order valence-corrected chi connectivity index (χ2v) is 7.72. The van der Waals surface area contributed by atoms with Crippen LogP contribution in [0.25, 0.3) is 10.9 Å². The maximum atomic E-state index is 12.4. The van der Waals surface area contributed by atoms with E-state index in [9.17, 15) is 13.2 Å². The maximum Gasteiger partial charge on any atom is 0.272 e. The number of nitrogens with one attached hydrogen (secondary N) is 2. The van der Waals surface area contributed by atoms with Crippen molar-refractivity contribution in [1.82, 2.24) is 4.98 Å². The van der Waals surface area contributed by atoms with Gasteiger partial charge in [0.25, 0.3) is 5.91 Å². The first-order chi connectivity index (χ1) is 11.8. The molecule has 7 nitrogen and oxygen atoms in total. The summed E-state index contributed by atoms with van der Waals surface area (Å²) in [5.41, 5.74) is 1.45. The molecule has 9 heteroatoms. The number of carbonyl (C=O) groups is 1. The minimum atomic E-state index is -3.98. The molecule has 0 fully saturated rings. The number of nitrogens with two attached hydrogens (primary N) is 1. The molecule has 0 aliphatic carbocycles. The molecule has 0 atom stereocenters. The summed E-state index contributed by atoms with van der Waals surface area (Å²) < 4.78 is 29.2. The van der Waals surface area contributed by atoms with Gasteiger partial charge in [-0.25, -0.2) is 13.6 Å². The van der Waals surface area contributed by atoms with Crippen molar-refractivity contribution in [2.45, 2.75) is 4.90 Å². The number of amides is 1. The molecule has 1 aromatic heterocycles. The second-order valence-electron chi connectivity index (χ2n) is 5.28. The van der Waals surface area contributed by atoms with Crippen molar-refractivity contribution in [2.75, 3.05) is 12.4 Å². The Hall–Kier alpha value is -2.36. The first-order valence-corrected chi connectivity index (χ1v) is 9.42. The van der Waals surface area contributed by atoms with Gasteiger partial charge in [-0.05, 0) is 42.5 Å². The number of carbonyl (C=O) groups excluding carboxylic acids is 1. The number of fused-ring (bicyclic) bond motifs is 1. The van der Waals surface area contributed by atoms with Crippen LogP contribution < -0.4 is 15.2 Å². The van der Waals surface area contributed by atoms with E-state index >= 15 is 0 Å². The molecule has 3 rings (SSSR count). The zero-order chi connectivity index (χ0) is 18.2. The Kier molecular flexibility index (Phi) is 4.55. The highest BCUT2D eigenvalue weighted by Crippen LogP contribution is 2.27. The third-order valence-corrected chi connectivity index (χ3v) is 4.98. The van der Waals surface area contributed by atoms with Crippen molar-refractivity contribution in [1.29, 1.82) is 0 Å². The summed E-state index contributed by atoms with van der Waals surface area (Å²) in [6, 6.07) is 11.5. The summed E-state index contributed by atoms with van der Waals surface area (Å²) >= 11 is 3.38. The van der Waals surface area contributed by atoms with Crippen LogP contribution in [0.3, 0.4) is 0 Å². The number of H-pyrrole nitrogens is 1. The molecule has 130 valence electrons. The van der Waals surface area contributed by atoms with E-state index in [0.717, 1.165) is 15.4 Å². The molecule has 0 aliphatic rings. The second kappa shape index (κ2) is 6.51.